The van der Waals surface area contributed by atoms with Gasteiger partial charge in [0.25, 0.3) is 0 Å². The van der Waals surface area contributed by atoms with Crippen LogP contribution in [-0.4, -0.2) is 73.5 Å². The van der Waals surface area contributed by atoms with E-state index in [1.54, 1.807) is 0 Å². The van der Waals surface area contributed by atoms with Crippen molar-refractivity contribution in [2.45, 2.75) is 43.8 Å². The maximum Gasteiger partial charge on any atom is 0.239 e. The zero-order valence-electron chi connectivity index (χ0n) is 15.6. The number of likely N-dealkylation sites (tertiary alicyclic amines) is 1. The molecule has 26 heavy (non-hydrogen) atoms. The number of nitrogens with one attached hydrogen (secondary N) is 1. The number of amides is 2. The van der Waals surface area contributed by atoms with Gasteiger partial charge in [0.05, 0.1) is 0 Å². The number of likely N-dealkylation sites (N-methyl/N-ethyl adjacent to an activating group) is 2. The van der Waals surface area contributed by atoms with Crippen molar-refractivity contribution in [1.29, 1.82) is 0 Å². The smallest absolute Gasteiger partial charge is 0.239 e. The summed E-state index contributed by atoms with van der Waals surface area (Å²) >= 11 is 0. The third-order valence-electron chi connectivity index (χ3n) is 6.38. The Morgan fingerprint density at radius 1 is 1.23 bits per heavy atom. The van der Waals surface area contributed by atoms with Gasteiger partial charge in [-0.3, -0.25) is 19.4 Å². The van der Waals surface area contributed by atoms with Crippen LogP contribution in [0, 0.1) is 0 Å². The van der Waals surface area contributed by atoms with E-state index in [0.717, 1.165) is 38.0 Å². The maximum atomic E-state index is 12.8. The summed E-state index contributed by atoms with van der Waals surface area (Å²) in [6, 6.07) is 8.56. The summed E-state index contributed by atoms with van der Waals surface area (Å²) in [5.74, 6) is 0.322. The molecule has 0 aromatic heterocycles. The van der Waals surface area contributed by atoms with Gasteiger partial charge in [0.15, 0.2) is 0 Å². The molecule has 0 unspecified atom stereocenters. The molecule has 2 fully saturated rings. The second-order valence-corrected chi connectivity index (χ2v) is 7.81. The third kappa shape index (κ3) is 3.01. The van der Waals surface area contributed by atoms with E-state index in [9.17, 15) is 9.59 Å². The van der Waals surface area contributed by atoms with E-state index in [2.05, 4.69) is 28.2 Å². The summed E-state index contributed by atoms with van der Waals surface area (Å²) in [5, 5.41) is 3.09. The van der Waals surface area contributed by atoms with E-state index >= 15 is 0 Å². The molecule has 140 valence electrons. The molecule has 1 aromatic carbocycles. The molecule has 1 N–H and O–H groups in total. The number of rotatable bonds is 3. The van der Waals surface area contributed by atoms with Crippen molar-refractivity contribution >= 4 is 17.5 Å². The predicted octanol–water partition coefficient (Wildman–Crippen LogP) is 0.859. The van der Waals surface area contributed by atoms with Gasteiger partial charge in [-0.05, 0) is 45.0 Å². The Morgan fingerprint density at radius 2 is 2.04 bits per heavy atom. The molecule has 1 aromatic rings. The molecule has 2 amide bonds. The SMILES string of the molecule is CN1CC[C@H]2[C@H]1C(=O)NC[C@H](CCC(=O)N1CCc3ccccc31)N2C. The summed E-state index contributed by atoms with van der Waals surface area (Å²) in [6.45, 7) is 2.36. The first-order valence-corrected chi connectivity index (χ1v) is 9.64. The number of hydrogen-bond acceptors (Lipinski definition) is 4. The Balaban J connectivity index is 1.40. The highest BCUT2D eigenvalue weighted by Crippen LogP contribution is 2.29. The van der Waals surface area contributed by atoms with Crippen LogP contribution in [0.15, 0.2) is 24.3 Å². The van der Waals surface area contributed by atoms with Gasteiger partial charge in [0.2, 0.25) is 11.8 Å². The highest BCUT2D eigenvalue weighted by molar-refractivity contribution is 5.95. The first kappa shape index (κ1) is 17.5. The van der Waals surface area contributed by atoms with Gasteiger partial charge in [0, 0.05) is 43.8 Å². The van der Waals surface area contributed by atoms with Crippen molar-refractivity contribution in [3.8, 4) is 0 Å². The lowest BCUT2D eigenvalue weighted by Crippen LogP contribution is -2.48. The van der Waals surface area contributed by atoms with Crippen LogP contribution in [0.5, 0.6) is 0 Å². The van der Waals surface area contributed by atoms with Crippen LogP contribution >= 0.6 is 0 Å². The highest BCUT2D eigenvalue weighted by Gasteiger charge is 2.43. The Hall–Kier alpha value is -1.92. The average molecular weight is 356 g/mol. The largest absolute Gasteiger partial charge is 0.353 e. The van der Waals surface area contributed by atoms with E-state index < -0.39 is 0 Å². The first-order chi connectivity index (χ1) is 12.6. The van der Waals surface area contributed by atoms with Gasteiger partial charge in [0.1, 0.15) is 6.04 Å². The number of benzene rings is 1. The predicted molar refractivity (Wildman–Crippen MR) is 101 cm³/mol. The normalized spacial score (nSPS) is 29.2. The zero-order valence-corrected chi connectivity index (χ0v) is 15.6. The Bertz CT molecular complexity index is 707. The van der Waals surface area contributed by atoms with Gasteiger partial charge in [-0.1, -0.05) is 18.2 Å². The van der Waals surface area contributed by atoms with Crippen LogP contribution in [-0.2, 0) is 16.0 Å². The van der Waals surface area contributed by atoms with Crippen molar-refractivity contribution < 1.29 is 9.59 Å². The summed E-state index contributed by atoms with van der Waals surface area (Å²) in [5.41, 5.74) is 2.33. The van der Waals surface area contributed by atoms with E-state index in [-0.39, 0.29) is 29.9 Å². The molecule has 6 nitrogen and oxygen atoms in total. The number of anilines is 1. The second kappa shape index (κ2) is 7.00. The average Bonchev–Trinajstić information content (AvgIpc) is 3.21. The van der Waals surface area contributed by atoms with Gasteiger partial charge in [-0.25, -0.2) is 0 Å². The van der Waals surface area contributed by atoms with Crippen molar-refractivity contribution in [3.63, 3.8) is 0 Å². The Morgan fingerprint density at radius 3 is 2.88 bits per heavy atom. The van der Waals surface area contributed by atoms with Crippen molar-refractivity contribution in [3.05, 3.63) is 29.8 Å². The van der Waals surface area contributed by atoms with Crippen LogP contribution in [0.4, 0.5) is 5.69 Å². The van der Waals surface area contributed by atoms with Crippen LogP contribution in [0.3, 0.4) is 0 Å². The number of carbonyl (C=O) groups is 2. The molecular weight excluding hydrogens is 328 g/mol. The highest BCUT2D eigenvalue weighted by atomic mass is 16.2. The molecule has 0 bridgehead atoms. The topological polar surface area (TPSA) is 55.9 Å². The molecule has 3 aliphatic rings. The molecule has 0 saturated carbocycles. The summed E-state index contributed by atoms with van der Waals surface area (Å²) in [7, 11) is 4.13. The molecule has 0 radical (unpaired) electrons. The maximum absolute atomic E-state index is 12.8. The van der Waals surface area contributed by atoms with Crippen molar-refractivity contribution in [1.82, 2.24) is 15.1 Å². The van der Waals surface area contributed by atoms with Crippen LogP contribution in [0.2, 0.25) is 0 Å². The fourth-order valence-electron chi connectivity index (χ4n) is 4.79. The summed E-state index contributed by atoms with van der Waals surface area (Å²) in [6.07, 6.45) is 3.25. The molecular formula is C20H28N4O2. The first-order valence-electron chi connectivity index (χ1n) is 9.64. The van der Waals surface area contributed by atoms with Crippen molar-refractivity contribution in [2.24, 2.45) is 0 Å². The minimum Gasteiger partial charge on any atom is -0.353 e. The van der Waals surface area contributed by atoms with Crippen LogP contribution in [0.1, 0.15) is 24.8 Å². The number of nitrogens with zero attached hydrogens (tertiary/aromatic N) is 3. The van der Waals surface area contributed by atoms with Gasteiger partial charge in [-0.15, -0.1) is 0 Å². The third-order valence-corrected chi connectivity index (χ3v) is 6.38. The van der Waals surface area contributed by atoms with E-state index in [1.807, 2.05) is 30.1 Å². The minimum atomic E-state index is -0.0637. The van der Waals surface area contributed by atoms with E-state index in [0.29, 0.717) is 13.0 Å². The second-order valence-electron chi connectivity index (χ2n) is 7.81. The fraction of sp³-hybridized carbons (Fsp3) is 0.600. The lowest BCUT2D eigenvalue weighted by molar-refractivity contribution is -0.125. The molecule has 3 heterocycles. The number of carbonyl (C=O) groups excluding carboxylic acids is 2. The molecule has 3 atom stereocenters. The number of para-hydroxylation sites is 1. The molecule has 2 saturated heterocycles. The number of hydrogen-bond donors (Lipinski definition) is 1. The minimum absolute atomic E-state index is 0.0637. The van der Waals surface area contributed by atoms with Crippen molar-refractivity contribution in [2.75, 3.05) is 38.6 Å². The zero-order chi connectivity index (χ0) is 18.3. The summed E-state index contributed by atoms with van der Waals surface area (Å²) < 4.78 is 0. The lowest BCUT2D eigenvalue weighted by Gasteiger charge is -2.32. The monoisotopic (exact) mass is 356 g/mol. The molecule has 3 aliphatic heterocycles. The lowest BCUT2D eigenvalue weighted by atomic mass is 10.0. The fourth-order valence-corrected chi connectivity index (χ4v) is 4.79. The number of fused-ring (bicyclic) bond motifs is 2. The molecule has 6 heteroatoms. The van der Waals surface area contributed by atoms with Gasteiger partial charge >= 0.3 is 0 Å². The standard InChI is InChI=1S/C20H28N4O2/c1-22-11-10-17-19(22)20(26)21-13-15(23(17)2)7-8-18(25)24-12-9-14-5-3-4-6-16(14)24/h3-6,15,17,19H,7-13H2,1-2H3,(H,21,26)/t15-,17-,19-/m0/s1. The van der Waals surface area contributed by atoms with Crippen LogP contribution in [0.25, 0.3) is 0 Å². The Labute approximate surface area is 155 Å². The molecule has 0 spiro atoms. The Kier molecular flexibility index (Phi) is 4.71. The molecule has 0 aliphatic carbocycles. The van der Waals surface area contributed by atoms with Crippen LogP contribution < -0.4 is 10.2 Å². The quantitative estimate of drug-likeness (QED) is 0.873. The van der Waals surface area contributed by atoms with Gasteiger partial charge < -0.3 is 10.2 Å². The molecule has 4 rings (SSSR count). The van der Waals surface area contributed by atoms with E-state index in [1.165, 1.54) is 5.56 Å². The summed E-state index contributed by atoms with van der Waals surface area (Å²) in [4.78, 5) is 31.6. The van der Waals surface area contributed by atoms with E-state index in [4.69, 9.17) is 0 Å². The van der Waals surface area contributed by atoms with Gasteiger partial charge in [-0.2, -0.15) is 0 Å².